The van der Waals surface area contributed by atoms with E-state index in [4.69, 9.17) is 13.7 Å². The van der Waals surface area contributed by atoms with Crippen molar-refractivity contribution in [3.63, 3.8) is 0 Å². The Morgan fingerprint density at radius 3 is 2.52 bits per heavy atom. The standard InChI is InChI=1S/C19H20N2O5S/c1-27(22,23)13-15-7-8-16(25-15)17-20-18(21-26-17)19(9-11-24-12-10-19)14-5-3-2-4-6-14/h2-8H,9-13H2,1H3. The quantitative estimate of drug-likeness (QED) is 0.663. The highest BCUT2D eigenvalue weighted by molar-refractivity contribution is 7.89. The molecule has 142 valence electrons. The van der Waals surface area contributed by atoms with E-state index in [9.17, 15) is 8.42 Å². The van der Waals surface area contributed by atoms with Crippen molar-refractivity contribution >= 4 is 9.84 Å². The minimum absolute atomic E-state index is 0.167. The summed E-state index contributed by atoms with van der Waals surface area (Å²) in [4.78, 5) is 4.59. The molecule has 4 rings (SSSR count). The van der Waals surface area contributed by atoms with Gasteiger partial charge in [-0.3, -0.25) is 0 Å². The smallest absolute Gasteiger partial charge is 0.293 e. The van der Waals surface area contributed by atoms with Gasteiger partial charge in [0.25, 0.3) is 5.89 Å². The molecular formula is C19H20N2O5S. The highest BCUT2D eigenvalue weighted by atomic mass is 32.2. The third kappa shape index (κ3) is 3.68. The van der Waals surface area contributed by atoms with Crippen LogP contribution >= 0.6 is 0 Å². The third-order valence-electron chi connectivity index (χ3n) is 4.80. The summed E-state index contributed by atoms with van der Waals surface area (Å²) in [5, 5.41) is 4.23. The predicted molar refractivity (Wildman–Crippen MR) is 97.8 cm³/mol. The van der Waals surface area contributed by atoms with Gasteiger partial charge >= 0.3 is 0 Å². The molecule has 0 bridgehead atoms. The molecule has 1 fully saturated rings. The zero-order valence-electron chi connectivity index (χ0n) is 14.9. The molecule has 0 spiro atoms. The third-order valence-corrected chi connectivity index (χ3v) is 5.61. The number of nitrogens with zero attached hydrogens (tertiary/aromatic N) is 2. The second-order valence-electron chi connectivity index (χ2n) is 6.82. The lowest BCUT2D eigenvalue weighted by molar-refractivity contribution is 0.0597. The Hall–Kier alpha value is -2.45. The van der Waals surface area contributed by atoms with Gasteiger partial charge in [0, 0.05) is 19.5 Å². The topological polar surface area (TPSA) is 95.4 Å². The number of sulfone groups is 1. The van der Waals surface area contributed by atoms with E-state index >= 15 is 0 Å². The minimum atomic E-state index is -3.18. The lowest BCUT2D eigenvalue weighted by atomic mass is 9.73. The van der Waals surface area contributed by atoms with E-state index in [1.54, 1.807) is 12.1 Å². The molecule has 0 saturated carbocycles. The minimum Gasteiger partial charge on any atom is -0.455 e. The number of furan rings is 1. The molecule has 3 aromatic rings. The molecule has 8 heteroatoms. The molecule has 7 nitrogen and oxygen atoms in total. The van der Waals surface area contributed by atoms with Gasteiger partial charge in [-0.25, -0.2) is 8.42 Å². The van der Waals surface area contributed by atoms with E-state index in [0.29, 0.717) is 30.6 Å². The average Bonchev–Trinajstić information content (AvgIpc) is 3.31. The lowest BCUT2D eigenvalue weighted by Gasteiger charge is -2.34. The summed E-state index contributed by atoms with van der Waals surface area (Å²) >= 11 is 0. The normalized spacial score (nSPS) is 17.1. The average molecular weight is 388 g/mol. The maximum atomic E-state index is 11.4. The summed E-state index contributed by atoms with van der Waals surface area (Å²) in [6.45, 7) is 1.25. The second kappa shape index (κ2) is 6.94. The van der Waals surface area contributed by atoms with Crippen LogP contribution in [0.5, 0.6) is 0 Å². The van der Waals surface area contributed by atoms with Crippen LogP contribution in [0.15, 0.2) is 51.4 Å². The van der Waals surface area contributed by atoms with Crippen LogP contribution in [0.1, 0.15) is 30.0 Å². The Morgan fingerprint density at radius 1 is 1.07 bits per heavy atom. The van der Waals surface area contributed by atoms with E-state index in [1.807, 2.05) is 18.2 Å². The van der Waals surface area contributed by atoms with Crippen molar-refractivity contribution < 1.29 is 22.1 Å². The SMILES string of the molecule is CS(=O)(=O)Cc1ccc(-c2nc(C3(c4ccccc4)CCOCC3)no2)o1. The van der Waals surface area contributed by atoms with Gasteiger partial charge in [-0.05, 0) is 30.5 Å². The number of hydrogen-bond acceptors (Lipinski definition) is 7. The van der Waals surface area contributed by atoms with E-state index < -0.39 is 9.84 Å². The maximum absolute atomic E-state index is 11.4. The van der Waals surface area contributed by atoms with Crippen LogP contribution in [0.2, 0.25) is 0 Å². The molecule has 1 aromatic carbocycles. The molecule has 0 unspecified atom stereocenters. The molecular weight excluding hydrogens is 368 g/mol. The van der Waals surface area contributed by atoms with Crippen LogP contribution in [-0.2, 0) is 25.7 Å². The van der Waals surface area contributed by atoms with E-state index in [2.05, 4.69) is 22.3 Å². The van der Waals surface area contributed by atoms with Crippen LogP contribution in [0.4, 0.5) is 0 Å². The molecule has 0 atom stereocenters. The number of rotatable bonds is 5. The first kappa shape index (κ1) is 17.9. The summed E-state index contributed by atoms with van der Waals surface area (Å²) < 4.78 is 39.4. The van der Waals surface area contributed by atoms with Crippen LogP contribution in [0.25, 0.3) is 11.7 Å². The predicted octanol–water partition coefficient (Wildman–Crippen LogP) is 2.97. The summed E-state index contributed by atoms with van der Waals surface area (Å²) in [7, 11) is -3.18. The van der Waals surface area contributed by atoms with E-state index in [1.165, 1.54) is 0 Å². The van der Waals surface area contributed by atoms with Crippen LogP contribution < -0.4 is 0 Å². The monoisotopic (exact) mass is 388 g/mol. The van der Waals surface area contributed by atoms with Crippen molar-refractivity contribution in [2.24, 2.45) is 0 Å². The molecule has 27 heavy (non-hydrogen) atoms. The van der Waals surface area contributed by atoms with Gasteiger partial charge in [0.15, 0.2) is 21.4 Å². The zero-order chi connectivity index (χ0) is 18.9. The van der Waals surface area contributed by atoms with Crippen molar-refractivity contribution in [1.29, 1.82) is 0 Å². The van der Waals surface area contributed by atoms with Gasteiger partial charge in [-0.2, -0.15) is 4.98 Å². The van der Waals surface area contributed by atoms with Crippen molar-refractivity contribution in [1.82, 2.24) is 10.1 Å². The highest BCUT2D eigenvalue weighted by Crippen LogP contribution is 2.40. The Balaban J connectivity index is 1.68. The number of hydrogen-bond donors (Lipinski definition) is 0. The Labute approximate surface area is 157 Å². The summed E-state index contributed by atoms with van der Waals surface area (Å²) in [5.41, 5.74) is 0.751. The molecule has 3 heterocycles. The maximum Gasteiger partial charge on any atom is 0.293 e. The van der Waals surface area contributed by atoms with Crippen molar-refractivity contribution in [2.75, 3.05) is 19.5 Å². The zero-order valence-corrected chi connectivity index (χ0v) is 15.7. The van der Waals surface area contributed by atoms with Gasteiger partial charge in [-0.1, -0.05) is 35.5 Å². The molecule has 1 saturated heterocycles. The van der Waals surface area contributed by atoms with E-state index in [-0.39, 0.29) is 17.1 Å². The summed E-state index contributed by atoms with van der Waals surface area (Å²) in [6.07, 6.45) is 2.68. The molecule has 0 radical (unpaired) electrons. The summed E-state index contributed by atoms with van der Waals surface area (Å²) in [6, 6.07) is 13.4. The van der Waals surface area contributed by atoms with Crippen LogP contribution in [-0.4, -0.2) is 38.0 Å². The highest BCUT2D eigenvalue weighted by Gasteiger charge is 2.40. The fraction of sp³-hybridized carbons (Fsp3) is 0.368. The Kier molecular flexibility index (Phi) is 4.61. The van der Waals surface area contributed by atoms with Gasteiger partial charge in [0.1, 0.15) is 11.5 Å². The van der Waals surface area contributed by atoms with Gasteiger partial charge in [-0.15, -0.1) is 0 Å². The van der Waals surface area contributed by atoms with E-state index in [0.717, 1.165) is 24.7 Å². The first-order valence-corrected chi connectivity index (χ1v) is 10.8. The van der Waals surface area contributed by atoms with Gasteiger partial charge in [0.05, 0.1) is 5.41 Å². The van der Waals surface area contributed by atoms with Crippen LogP contribution in [0.3, 0.4) is 0 Å². The molecule has 0 N–H and O–H groups in total. The van der Waals surface area contributed by atoms with Crippen molar-refractivity contribution in [3.8, 4) is 11.7 Å². The lowest BCUT2D eigenvalue weighted by Crippen LogP contribution is -2.36. The number of aromatic nitrogens is 2. The number of ether oxygens (including phenoxy) is 1. The first-order chi connectivity index (χ1) is 13.0. The fourth-order valence-corrected chi connectivity index (χ4v) is 4.14. The van der Waals surface area contributed by atoms with Crippen molar-refractivity contribution in [3.05, 3.63) is 59.6 Å². The summed E-state index contributed by atoms with van der Waals surface area (Å²) in [5.74, 6) is 1.37. The second-order valence-corrected chi connectivity index (χ2v) is 8.96. The fourth-order valence-electron chi connectivity index (χ4n) is 3.47. The van der Waals surface area contributed by atoms with Gasteiger partial charge < -0.3 is 13.7 Å². The molecule has 1 aliphatic heterocycles. The largest absolute Gasteiger partial charge is 0.455 e. The molecule has 1 aliphatic rings. The molecule has 2 aromatic heterocycles. The Bertz CT molecular complexity index is 1020. The first-order valence-electron chi connectivity index (χ1n) is 8.71. The van der Waals surface area contributed by atoms with Crippen molar-refractivity contribution in [2.45, 2.75) is 24.0 Å². The number of benzene rings is 1. The van der Waals surface area contributed by atoms with Gasteiger partial charge in [0.2, 0.25) is 0 Å². The molecule has 0 amide bonds. The molecule has 0 aliphatic carbocycles. The van der Waals surface area contributed by atoms with Crippen LogP contribution in [0, 0.1) is 0 Å². The Morgan fingerprint density at radius 2 is 1.81 bits per heavy atom.